The molecule has 2 aliphatic heterocycles. The molecule has 2 aromatic carbocycles. The van der Waals surface area contributed by atoms with Gasteiger partial charge in [-0.25, -0.2) is 0 Å². The van der Waals surface area contributed by atoms with Gasteiger partial charge in [0.15, 0.2) is 11.5 Å². The molecule has 35 heavy (non-hydrogen) atoms. The highest BCUT2D eigenvalue weighted by molar-refractivity contribution is 5.79. The number of hydrogen-bond donors (Lipinski definition) is 2. The van der Waals surface area contributed by atoms with E-state index >= 15 is 0 Å². The van der Waals surface area contributed by atoms with Crippen LogP contribution in [0.2, 0.25) is 0 Å². The number of amides is 1. The van der Waals surface area contributed by atoms with Crippen LogP contribution >= 0.6 is 0 Å². The Morgan fingerprint density at radius 3 is 2.71 bits per heavy atom. The Morgan fingerprint density at radius 1 is 1.14 bits per heavy atom. The molecule has 3 fully saturated rings. The highest BCUT2D eigenvalue weighted by Crippen LogP contribution is 2.66. The number of hydrogen-bond acceptors (Lipinski definition) is 5. The van der Waals surface area contributed by atoms with Gasteiger partial charge >= 0.3 is 0 Å². The summed E-state index contributed by atoms with van der Waals surface area (Å²) >= 11 is 0. The van der Waals surface area contributed by atoms with Gasteiger partial charge in [0.25, 0.3) is 0 Å². The lowest BCUT2D eigenvalue weighted by atomic mass is 9.48. The molecule has 1 spiro atoms. The van der Waals surface area contributed by atoms with Crippen molar-refractivity contribution >= 4 is 5.91 Å². The van der Waals surface area contributed by atoms with Crippen molar-refractivity contribution in [3.63, 3.8) is 0 Å². The van der Waals surface area contributed by atoms with E-state index in [4.69, 9.17) is 4.74 Å². The molecule has 1 saturated heterocycles. The normalized spacial score (nSPS) is 34.7. The minimum Gasteiger partial charge on any atom is -0.504 e. The summed E-state index contributed by atoms with van der Waals surface area (Å²) in [4.78, 5) is 17.8. The molecule has 5 aliphatic rings. The maximum atomic E-state index is 13.4. The van der Waals surface area contributed by atoms with Crippen molar-refractivity contribution < 1.29 is 19.7 Å². The highest BCUT2D eigenvalue weighted by Gasteiger charge is 2.73. The van der Waals surface area contributed by atoms with Crippen LogP contribution in [0.4, 0.5) is 0 Å². The number of ether oxygens (including phenoxy) is 1. The molecule has 0 aromatic heterocycles. The van der Waals surface area contributed by atoms with Gasteiger partial charge in [-0.3, -0.25) is 9.69 Å². The first-order chi connectivity index (χ1) is 16.9. The van der Waals surface area contributed by atoms with Gasteiger partial charge in [0, 0.05) is 25.2 Å². The van der Waals surface area contributed by atoms with Gasteiger partial charge in [0.1, 0.15) is 6.10 Å². The van der Waals surface area contributed by atoms with E-state index < -0.39 is 11.0 Å². The quantitative estimate of drug-likeness (QED) is 0.697. The lowest BCUT2D eigenvalue weighted by Crippen LogP contribution is -2.78. The number of likely N-dealkylation sites (N-methyl/N-ethyl adjacent to an activating group) is 1. The van der Waals surface area contributed by atoms with Crippen molar-refractivity contribution in [2.24, 2.45) is 5.92 Å². The van der Waals surface area contributed by atoms with Gasteiger partial charge in [0.2, 0.25) is 5.91 Å². The highest BCUT2D eigenvalue weighted by atomic mass is 16.5. The predicted octanol–water partition coefficient (Wildman–Crippen LogP) is 3.03. The lowest BCUT2D eigenvalue weighted by molar-refractivity contribution is -0.200. The van der Waals surface area contributed by atoms with Gasteiger partial charge in [-0.05, 0) is 68.2 Å². The SMILES string of the molecule is CN(C(=O)Cc1ccccc1)[C@@H]1CC[C@@]2(O)[C@@H]3Cc4ccc(O)c5c4[C@@]2(CCN3CC2CC2)[C@H]1O5. The van der Waals surface area contributed by atoms with Crippen LogP contribution in [0.3, 0.4) is 0 Å². The van der Waals surface area contributed by atoms with Crippen LogP contribution < -0.4 is 4.74 Å². The van der Waals surface area contributed by atoms with Gasteiger partial charge < -0.3 is 19.8 Å². The summed E-state index contributed by atoms with van der Waals surface area (Å²) in [7, 11) is 1.88. The number of phenolic OH excluding ortho intramolecular Hbond substituents is 1. The number of likely N-dealkylation sites (tertiary alicyclic amines) is 1. The van der Waals surface area contributed by atoms with Crippen molar-refractivity contribution in [1.29, 1.82) is 0 Å². The zero-order valence-electron chi connectivity index (χ0n) is 20.3. The van der Waals surface area contributed by atoms with E-state index in [0.717, 1.165) is 43.0 Å². The minimum atomic E-state index is -0.920. The molecule has 184 valence electrons. The first-order valence-electron chi connectivity index (χ1n) is 13.2. The molecule has 1 amide bonds. The van der Waals surface area contributed by atoms with Crippen molar-refractivity contribution in [3.8, 4) is 11.5 Å². The van der Waals surface area contributed by atoms with Crippen molar-refractivity contribution in [3.05, 3.63) is 59.2 Å². The van der Waals surface area contributed by atoms with Crippen LogP contribution in [0.25, 0.3) is 0 Å². The Labute approximate surface area is 206 Å². The number of benzene rings is 2. The summed E-state index contributed by atoms with van der Waals surface area (Å²) in [6.07, 6.45) is 5.49. The topological polar surface area (TPSA) is 73.2 Å². The zero-order valence-corrected chi connectivity index (χ0v) is 20.3. The Balaban J connectivity index is 1.28. The average Bonchev–Trinajstić information content (AvgIpc) is 3.60. The maximum Gasteiger partial charge on any atom is 0.227 e. The fourth-order valence-corrected chi connectivity index (χ4v) is 7.93. The van der Waals surface area contributed by atoms with E-state index in [1.54, 1.807) is 6.07 Å². The summed E-state index contributed by atoms with van der Waals surface area (Å²) in [5.74, 6) is 1.50. The van der Waals surface area contributed by atoms with Gasteiger partial charge in [-0.1, -0.05) is 36.4 Å². The number of aliphatic hydroxyl groups is 1. The Hall–Kier alpha value is -2.57. The van der Waals surface area contributed by atoms with Gasteiger partial charge in [-0.2, -0.15) is 0 Å². The molecule has 5 atom stereocenters. The second-order valence-corrected chi connectivity index (χ2v) is 11.6. The maximum absolute atomic E-state index is 13.4. The fourth-order valence-electron chi connectivity index (χ4n) is 7.93. The molecule has 6 heteroatoms. The number of aromatic hydroxyl groups is 1. The van der Waals surface area contributed by atoms with E-state index in [0.29, 0.717) is 25.0 Å². The summed E-state index contributed by atoms with van der Waals surface area (Å²) < 4.78 is 6.61. The van der Waals surface area contributed by atoms with E-state index in [9.17, 15) is 15.0 Å². The van der Waals surface area contributed by atoms with Crippen LogP contribution in [0.5, 0.6) is 11.5 Å². The standard InChI is InChI=1S/C29H34N2O4/c1-30(24(33)15-18-5-3-2-4-6-18)21-11-12-29(34)23-16-20-9-10-22(32)26-25(20)28(29,27(21)35-26)13-14-31(23)17-19-7-8-19/h2-6,9-10,19,21,23,27,32,34H,7-8,11-17H2,1H3/t21-,23+,27+,28+,29-/m1/s1. The third-order valence-corrected chi connectivity index (χ3v) is 9.82. The number of piperidine rings is 1. The molecule has 0 radical (unpaired) electrons. The van der Waals surface area contributed by atoms with Crippen LogP contribution in [-0.4, -0.2) is 69.8 Å². The molecule has 7 rings (SSSR count). The van der Waals surface area contributed by atoms with Crippen LogP contribution in [-0.2, 0) is 23.1 Å². The summed E-state index contributed by atoms with van der Waals surface area (Å²) in [5.41, 5.74) is 1.69. The molecule has 2 heterocycles. The molecule has 2 N–H and O–H groups in total. The molecule has 6 nitrogen and oxygen atoms in total. The Morgan fingerprint density at radius 2 is 1.94 bits per heavy atom. The van der Waals surface area contributed by atoms with E-state index in [2.05, 4.69) is 4.90 Å². The smallest absolute Gasteiger partial charge is 0.227 e. The first-order valence-corrected chi connectivity index (χ1v) is 13.2. The number of phenols is 1. The lowest BCUT2D eigenvalue weighted by Gasteiger charge is -2.64. The molecule has 2 bridgehead atoms. The van der Waals surface area contributed by atoms with Crippen LogP contribution in [0.1, 0.15) is 48.8 Å². The van der Waals surface area contributed by atoms with Crippen molar-refractivity contribution in [2.45, 2.75) is 74.1 Å². The Kier molecular flexibility index (Phi) is 4.63. The third kappa shape index (κ3) is 2.93. The van der Waals surface area contributed by atoms with Crippen molar-refractivity contribution in [1.82, 2.24) is 9.80 Å². The van der Waals surface area contributed by atoms with Crippen LogP contribution in [0, 0.1) is 5.92 Å². The molecule has 2 aromatic rings. The van der Waals surface area contributed by atoms with E-state index in [1.807, 2.05) is 48.3 Å². The predicted molar refractivity (Wildman–Crippen MR) is 131 cm³/mol. The Bertz CT molecular complexity index is 1180. The average molecular weight is 475 g/mol. The molecule has 2 saturated carbocycles. The van der Waals surface area contributed by atoms with E-state index in [-0.39, 0.29) is 29.8 Å². The summed E-state index contributed by atoms with van der Waals surface area (Å²) in [6.45, 7) is 1.99. The third-order valence-electron chi connectivity index (χ3n) is 9.82. The van der Waals surface area contributed by atoms with Gasteiger partial charge in [-0.15, -0.1) is 0 Å². The van der Waals surface area contributed by atoms with Crippen molar-refractivity contribution in [2.75, 3.05) is 20.1 Å². The molecular weight excluding hydrogens is 440 g/mol. The first kappa shape index (κ1) is 21.7. The summed E-state index contributed by atoms with van der Waals surface area (Å²) in [6, 6.07) is 13.5. The zero-order chi connectivity index (χ0) is 23.9. The van der Waals surface area contributed by atoms with Gasteiger partial charge in [0.05, 0.1) is 23.5 Å². The number of nitrogens with zero attached hydrogens (tertiary/aromatic N) is 2. The summed E-state index contributed by atoms with van der Waals surface area (Å²) in [5, 5.41) is 23.4. The second kappa shape index (κ2) is 7.47. The molecular formula is C29H34N2O4. The second-order valence-electron chi connectivity index (χ2n) is 11.6. The minimum absolute atomic E-state index is 0.0530. The largest absolute Gasteiger partial charge is 0.504 e. The number of carbonyl (C=O) groups is 1. The number of carbonyl (C=O) groups excluding carboxylic acids is 1. The van der Waals surface area contributed by atoms with Crippen LogP contribution in [0.15, 0.2) is 42.5 Å². The number of rotatable bonds is 5. The monoisotopic (exact) mass is 474 g/mol. The molecule has 0 unspecified atom stereocenters. The van der Waals surface area contributed by atoms with E-state index in [1.165, 1.54) is 18.4 Å². The fraction of sp³-hybridized carbons (Fsp3) is 0.552. The molecule has 3 aliphatic carbocycles.